The van der Waals surface area contributed by atoms with E-state index in [2.05, 4.69) is 79.4 Å². The minimum Gasteiger partial charge on any atom is -0.508 e. The van der Waals surface area contributed by atoms with Crippen molar-refractivity contribution in [2.24, 2.45) is 46.2 Å². The number of phenolic OH excluding ortho intramolecular Hbond substituents is 1. The molecule has 34 N–H and O–H groups in total. The van der Waals surface area contributed by atoms with E-state index in [1.165, 1.54) is 24.3 Å². The van der Waals surface area contributed by atoms with Crippen molar-refractivity contribution in [1.29, 1.82) is 27.0 Å². The van der Waals surface area contributed by atoms with Gasteiger partial charge in [-0.25, -0.2) is 4.79 Å². The third-order valence-electron chi connectivity index (χ3n) is 17.1. The minimum absolute atomic E-state index is 0.0174. The number of carbonyl (C=O) groups is 10. The van der Waals surface area contributed by atoms with Crippen LogP contribution >= 0.6 is 0 Å². The Morgan fingerprint density at radius 3 is 1.06 bits per heavy atom. The molecule has 4 rings (SSSR count). The number of carbonyl (C=O) groups excluding carboxylic acids is 9. The fraction of sp³-hybridized carbons (Fsp3) is 0.507. The number of benzene rings is 3. The molecule has 0 aliphatic carbocycles. The Morgan fingerprint density at radius 2 is 0.679 bits per heavy atom. The molecule has 10 atom stereocenters. The summed E-state index contributed by atoms with van der Waals surface area (Å²) in [5.74, 6) is -11.6. The maximum absolute atomic E-state index is 15.2. The van der Waals surface area contributed by atoms with Gasteiger partial charge in [-0.2, -0.15) is 0 Å². The van der Waals surface area contributed by atoms with Crippen molar-refractivity contribution in [3.05, 3.63) is 102 Å². The number of guanidine groups is 5. The lowest BCUT2D eigenvalue weighted by atomic mass is 9.99. The zero-order valence-electron chi connectivity index (χ0n) is 62.1. The van der Waals surface area contributed by atoms with E-state index in [0.29, 0.717) is 34.0 Å². The van der Waals surface area contributed by atoms with E-state index in [0.717, 1.165) is 0 Å². The maximum Gasteiger partial charge on any atom is 0.326 e. The second-order valence-corrected chi connectivity index (χ2v) is 27.3. The molecule has 3 aromatic carbocycles. The molecule has 38 nitrogen and oxygen atoms in total. The van der Waals surface area contributed by atoms with E-state index in [-0.39, 0.29) is 158 Å². The van der Waals surface area contributed by atoms with E-state index in [1.54, 1.807) is 74.6 Å². The van der Waals surface area contributed by atoms with Gasteiger partial charge in [-0.15, -0.1) is 0 Å². The zero-order valence-corrected chi connectivity index (χ0v) is 62.1. The van der Waals surface area contributed by atoms with Crippen LogP contribution in [-0.2, 0) is 67.2 Å². The van der Waals surface area contributed by atoms with Gasteiger partial charge in [-0.05, 0) is 124 Å². The summed E-state index contributed by atoms with van der Waals surface area (Å²) in [6, 6.07) is 7.14. The van der Waals surface area contributed by atoms with Crippen LogP contribution in [0.1, 0.15) is 121 Å². The molecule has 0 saturated heterocycles. The third kappa shape index (κ3) is 34.4. The number of para-hydroxylation sites is 1. The Balaban J connectivity index is 1.74. The standard InChI is InChI=1S/C71H112N26O12/c1-39(2)33-52(93-57(99)46(72)18-10-28-83-67(73)74)62(104)89-50(22-13-31-86-70(79)80)60(102)96-55(37-43-38-88-47-19-9-8-17-45(43)47)65(107)92-48(20-11-29-84-68(75)76)58(100)94-53(34-40(3)4)63(105)90-49(21-12-30-85-69(77)78)59(101)95-54(35-42-24-26-44(98)27-25-42)64(106)91-51(23-14-32-87-71(81)82)61(103)97-56(66(108)109)36-41-15-6-5-7-16-41/h5-9,15-17,19,24-27,38-40,46,48-56,88,98H,10-14,18,20-23,28-37,72H2,1-4H3,(H,89,104)(H,90,105)(H,91,106)(H,92,107)(H,93,99)(H,94,100)(H,95,101)(H,96,102)(H,97,103)(H,108,109)(H4,73,74,83)(H4,75,76,84)(H4,77,78,85)(H4,79,80,86)(H4,81,82,87)/t46-,48-,49-,50-,51-,52-,53-,54-,55-,56-/m0/s1. The third-order valence-corrected chi connectivity index (χ3v) is 17.1. The maximum atomic E-state index is 15.2. The van der Waals surface area contributed by atoms with Crippen molar-refractivity contribution in [2.75, 3.05) is 32.7 Å². The molecule has 1 heterocycles. The molecule has 598 valence electrons. The van der Waals surface area contributed by atoms with Crippen molar-refractivity contribution >= 4 is 99.8 Å². The summed E-state index contributed by atoms with van der Waals surface area (Å²) in [6.07, 6.45) is 1.43. The summed E-state index contributed by atoms with van der Waals surface area (Å²) in [5, 5.41) is 97.0. The minimum atomic E-state index is -1.56. The van der Waals surface area contributed by atoms with Crippen molar-refractivity contribution in [2.45, 2.75) is 184 Å². The lowest BCUT2D eigenvalue weighted by Gasteiger charge is -2.29. The number of hydrogen-bond acceptors (Lipinski definition) is 17. The van der Waals surface area contributed by atoms with Gasteiger partial charge in [0.15, 0.2) is 29.8 Å². The molecule has 109 heavy (non-hydrogen) atoms. The van der Waals surface area contributed by atoms with Crippen LogP contribution in [0.25, 0.3) is 10.9 Å². The fourth-order valence-corrected chi connectivity index (χ4v) is 11.6. The van der Waals surface area contributed by atoms with Crippen LogP contribution < -0.4 is 109 Å². The van der Waals surface area contributed by atoms with Crippen LogP contribution in [-0.4, -0.2) is 197 Å². The lowest BCUT2D eigenvalue weighted by molar-refractivity contribution is -0.142. The quantitative estimate of drug-likeness (QED) is 0.0120. The molecule has 0 radical (unpaired) electrons. The van der Waals surface area contributed by atoms with Crippen LogP contribution in [0.4, 0.5) is 0 Å². The number of phenols is 1. The van der Waals surface area contributed by atoms with Crippen molar-refractivity contribution in [1.82, 2.24) is 79.4 Å². The highest BCUT2D eigenvalue weighted by molar-refractivity contribution is 5.99. The summed E-state index contributed by atoms with van der Waals surface area (Å²) >= 11 is 0. The molecule has 0 spiro atoms. The van der Waals surface area contributed by atoms with Crippen LogP contribution in [0.2, 0.25) is 0 Å². The lowest BCUT2D eigenvalue weighted by Crippen LogP contribution is -2.61. The number of hydrogen-bond donors (Lipinski definition) is 28. The summed E-state index contributed by atoms with van der Waals surface area (Å²) in [4.78, 5) is 148. The topological polar surface area (TPSA) is 671 Å². The molecular formula is C71H112N26O12. The molecule has 9 amide bonds. The highest BCUT2D eigenvalue weighted by Gasteiger charge is 2.37. The number of aromatic amines is 1. The van der Waals surface area contributed by atoms with Gasteiger partial charge in [0.05, 0.1) is 6.04 Å². The van der Waals surface area contributed by atoms with E-state index >= 15 is 9.59 Å². The van der Waals surface area contributed by atoms with E-state index in [4.69, 9.17) is 61.4 Å². The number of aromatic hydroxyl groups is 1. The van der Waals surface area contributed by atoms with Gasteiger partial charge < -0.3 is 124 Å². The molecule has 0 aliphatic heterocycles. The molecule has 38 heteroatoms. The molecule has 1 aromatic heterocycles. The van der Waals surface area contributed by atoms with Crippen LogP contribution in [0.3, 0.4) is 0 Å². The molecule has 0 unspecified atom stereocenters. The Labute approximate surface area is 632 Å². The molecule has 4 aromatic rings. The first-order valence-electron chi connectivity index (χ1n) is 36.2. The summed E-state index contributed by atoms with van der Waals surface area (Å²) in [6.45, 7) is 7.60. The van der Waals surface area contributed by atoms with Crippen molar-refractivity contribution in [3.63, 3.8) is 0 Å². The Kier molecular flexibility index (Phi) is 38.4. The van der Waals surface area contributed by atoms with E-state index in [9.17, 15) is 48.6 Å². The first-order valence-corrected chi connectivity index (χ1v) is 36.2. The summed E-state index contributed by atoms with van der Waals surface area (Å²) in [5.41, 5.74) is 36.1. The first-order chi connectivity index (χ1) is 51.7. The van der Waals surface area contributed by atoms with Gasteiger partial charge in [0.2, 0.25) is 53.2 Å². The van der Waals surface area contributed by atoms with E-state index in [1.807, 2.05) is 13.8 Å². The first kappa shape index (κ1) is 89.4. The fourth-order valence-electron chi connectivity index (χ4n) is 11.6. The van der Waals surface area contributed by atoms with Crippen molar-refractivity contribution in [3.8, 4) is 5.75 Å². The normalized spacial score (nSPS) is 13.8. The van der Waals surface area contributed by atoms with Crippen molar-refractivity contribution < 1.29 is 58.2 Å². The smallest absolute Gasteiger partial charge is 0.326 e. The number of carboxylic acid groups (broad SMARTS) is 1. The highest BCUT2D eigenvalue weighted by Crippen LogP contribution is 2.21. The van der Waals surface area contributed by atoms with Crippen LogP contribution in [0, 0.1) is 38.9 Å². The number of aliphatic carboxylic acids is 1. The number of H-pyrrole nitrogens is 1. The Hall–Kier alpha value is -12.0. The van der Waals surface area contributed by atoms with Gasteiger partial charge in [0, 0.05) is 69.1 Å². The molecule has 0 aliphatic rings. The van der Waals surface area contributed by atoms with E-state index < -0.39 is 131 Å². The Bertz CT molecular complexity index is 3710. The number of amides is 9. The molecule has 0 saturated carbocycles. The number of carboxylic acids is 1. The predicted molar refractivity (Wildman–Crippen MR) is 412 cm³/mol. The monoisotopic (exact) mass is 1520 g/mol. The number of nitrogens with two attached hydrogens (primary N) is 6. The number of rotatable bonds is 49. The van der Waals surface area contributed by atoms with Crippen LogP contribution in [0.5, 0.6) is 5.75 Å². The van der Waals surface area contributed by atoms with Gasteiger partial charge in [0.1, 0.15) is 60.1 Å². The van der Waals surface area contributed by atoms with Gasteiger partial charge >= 0.3 is 5.97 Å². The van der Waals surface area contributed by atoms with Gasteiger partial charge in [0.25, 0.3) is 0 Å². The SMILES string of the molecule is CC(C)C[C@H](NC(=O)[C@H](CCCNC(=N)N)NC(=O)[C@H](Cc1c[nH]c2ccccc12)NC(=O)[C@H](CCCNC(=N)N)NC(=O)[C@H](CC(C)C)NC(=O)[C@@H](N)CCCNC(=N)N)C(=O)N[C@@H](CCCNC(=N)N)C(=O)N[C@@H](Cc1ccc(O)cc1)C(=O)N[C@@H](CCCNC(=N)N)C(=O)N[C@@H](Cc1ccccc1)C(=O)O. The van der Waals surface area contributed by atoms with Gasteiger partial charge in [-0.1, -0.05) is 88.4 Å². The second kappa shape index (κ2) is 46.9. The molecule has 0 fully saturated rings. The largest absolute Gasteiger partial charge is 0.508 e. The second-order valence-electron chi connectivity index (χ2n) is 27.3. The Morgan fingerprint density at radius 1 is 0.376 bits per heavy atom. The summed E-state index contributed by atoms with van der Waals surface area (Å²) in [7, 11) is 0. The zero-order chi connectivity index (χ0) is 80.7. The average Bonchev–Trinajstić information content (AvgIpc) is 1.72. The number of nitrogens with one attached hydrogen (secondary N) is 20. The van der Waals surface area contributed by atoms with Crippen LogP contribution in [0.15, 0.2) is 85.1 Å². The average molecular weight is 1520 g/mol. The number of fused-ring (bicyclic) bond motifs is 1. The molecular weight excluding hydrogens is 1410 g/mol. The highest BCUT2D eigenvalue weighted by atomic mass is 16.4. The molecule has 0 bridgehead atoms. The summed E-state index contributed by atoms with van der Waals surface area (Å²) < 4.78 is 0. The predicted octanol–water partition coefficient (Wildman–Crippen LogP) is -2.91. The van der Waals surface area contributed by atoms with Gasteiger partial charge in [-0.3, -0.25) is 70.2 Å². The number of aromatic nitrogens is 1.